The number of para-hydroxylation sites is 3. The molecule has 5 nitrogen and oxygen atoms in total. The Morgan fingerprint density at radius 3 is 2.76 bits per heavy atom. The third-order valence-corrected chi connectivity index (χ3v) is 4.93. The van der Waals surface area contributed by atoms with Gasteiger partial charge in [-0.05, 0) is 30.2 Å². The van der Waals surface area contributed by atoms with Crippen LogP contribution in [0.15, 0.2) is 42.5 Å². The molecule has 130 valence electrons. The van der Waals surface area contributed by atoms with E-state index in [-0.39, 0.29) is 11.9 Å². The molecule has 0 aliphatic carbocycles. The van der Waals surface area contributed by atoms with Crippen molar-refractivity contribution in [3.05, 3.63) is 53.6 Å². The Balaban J connectivity index is 1.50. The van der Waals surface area contributed by atoms with Crippen molar-refractivity contribution in [1.29, 1.82) is 0 Å². The van der Waals surface area contributed by atoms with Gasteiger partial charge >= 0.3 is 0 Å². The Kier molecular flexibility index (Phi) is 4.32. The summed E-state index contributed by atoms with van der Waals surface area (Å²) in [4.78, 5) is 15.1. The van der Waals surface area contributed by atoms with Crippen LogP contribution in [0.3, 0.4) is 0 Å². The second-order valence-corrected chi connectivity index (χ2v) is 6.62. The van der Waals surface area contributed by atoms with Crippen molar-refractivity contribution < 1.29 is 9.53 Å². The van der Waals surface area contributed by atoms with Crippen molar-refractivity contribution in [2.75, 3.05) is 41.8 Å². The fourth-order valence-electron chi connectivity index (χ4n) is 3.59. The molecule has 2 aliphatic rings. The van der Waals surface area contributed by atoms with Crippen LogP contribution < -0.4 is 15.5 Å². The zero-order valence-electron chi connectivity index (χ0n) is 14.4. The van der Waals surface area contributed by atoms with Crippen molar-refractivity contribution in [3.63, 3.8) is 0 Å². The molecule has 2 heterocycles. The lowest BCUT2D eigenvalue weighted by atomic mass is 10.1. The lowest BCUT2D eigenvalue weighted by molar-refractivity contribution is -0.116. The normalized spacial score (nSPS) is 19.2. The zero-order valence-corrected chi connectivity index (χ0v) is 14.4. The first-order chi connectivity index (χ1) is 12.2. The van der Waals surface area contributed by atoms with Gasteiger partial charge in [-0.2, -0.15) is 0 Å². The zero-order chi connectivity index (χ0) is 17.2. The number of nitrogens with one attached hydrogen (secondary N) is 2. The van der Waals surface area contributed by atoms with Gasteiger partial charge in [0, 0.05) is 25.2 Å². The highest BCUT2D eigenvalue weighted by Gasteiger charge is 2.28. The topological polar surface area (TPSA) is 53.6 Å². The number of ether oxygens (including phenoxy) is 1. The van der Waals surface area contributed by atoms with Crippen LogP contribution >= 0.6 is 0 Å². The second-order valence-electron chi connectivity index (χ2n) is 6.62. The molecule has 1 atom stereocenters. The standard InChI is InChI=1S/C20H23N3O2/c1-14-5-4-6-15-13-17(21-19(14)15)20(24)22-16-7-2-3-8-18(16)23-9-11-25-12-10-23/h2-8,17,21H,9-13H2,1H3,(H,22,24). The number of hydrogen-bond donors (Lipinski definition) is 2. The number of anilines is 3. The Morgan fingerprint density at radius 2 is 1.96 bits per heavy atom. The maximum absolute atomic E-state index is 12.8. The van der Waals surface area contributed by atoms with Gasteiger partial charge < -0.3 is 20.3 Å². The van der Waals surface area contributed by atoms with Crippen molar-refractivity contribution in [2.45, 2.75) is 19.4 Å². The molecule has 1 fully saturated rings. The molecule has 0 bridgehead atoms. The van der Waals surface area contributed by atoms with Gasteiger partial charge in [-0.25, -0.2) is 0 Å². The molecule has 5 heteroatoms. The summed E-state index contributed by atoms with van der Waals surface area (Å²) < 4.78 is 5.43. The third kappa shape index (κ3) is 3.20. The van der Waals surface area contributed by atoms with Crippen LogP contribution in [0.4, 0.5) is 17.1 Å². The molecule has 0 spiro atoms. The molecule has 2 N–H and O–H groups in total. The minimum absolute atomic E-state index is 0.0105. The van der Waals surface area contributed by atoms with E-state index >= 15 is 0 Å². The average Bonchev–Trinajstić information content (AvgIpc) is 3.09. The van der Waals surface area contributed by atoms with Crippen LogP contribution in [0.5, 0.6) is 0 Å². The number of aryl methyl sites for hydroxylation is 1. The maximum atomic E-state index is 12.8. The van der Waals surface area contributed by atoms with Gasteiger partial charge in [0.05, 0.1) is 24.6 Å². The summed E-state index contributed by atoms with van der Waals surface area (Å²) in [6.07, 6.45) is 0.725. The van der Waals surface area contributed by atoms with Crippen LogP contribution in [-0.4, -0.2) is 38.3 Å². The Morgan fingerprint density at radius 1 is 1.16 bits per heavy atom. The molecule has 1 amide bonds. The number of hydrogen-bond acceptors (Lipinski definition) is 4. The third-order valence-electron chi connectivity index (χ3n) is 4.93. The maximum Gasteiger partial charge on any atom is 0.247 e. The minimum Gasteiger partial charge on any atom is -0.378 e. The van der Waals surface area contributed by atoms with E-state index in [0.29, 0.717) is 0 Å². The van der Waals surface area contributed by atoms with Gasteiger partial charge in [-0.3, -0.25) is 4.79 Å². The first kappa shape index (κ1) is 16.0. The van der Waals surface area contributed by atoms with Gasteiger partial charge in [0.15, 0.2) is 0 Å². The van der Waals surface area contributed by atoms with Crippen LogP contribution in [0, 0.1) is 6.92 Å². The molecule has 0 aromatic heterocycles. The van der Waals surface area contributed by atoms with E-state index in [4.69, 9.17) is 4.74 Å². The molecular formula is C20H23N3O2. The predicted octanol–water partition coefficient (Wildman–Crippen LogP) is 2.81. The molecule has 0 radical (unpaired) electrons. The van der Waals surface area contributed by atoms with Crippen molar-refractivity contribution in [1.82, 2.24) is 0 Å². The fraction of sp³-hybridized carbons (Fsp3) is 0.350. The summed E-state index contributed by atoms with van der Waals surface area (Å²) in [6.45, 7) is 5.21. The predicted molar refractivity (Wildman–Crippen MR) is 100 cm³/mol. The first-order valence-corrected chi connectivity index (χ1v) is 8.80. The number of nitrogens with zero attached hydrogens (tertiary/aromatic N) is 1. The van der Waals surface area contributed by atoms with Gasteiger partial charge in [0.2, 0.25) is 5.91 Å². The van der Waals surface area contributed by atoms with E-state index in [0.717, 1.165) is 49.8 Å². The summed E-state index contributed by atoms with van der Waals surface area (Å²) >= 11 is 0. The molecule has 1 saturated heterocycles. The minimum atomic E-state index is -0.228. The molecule has 2 aromatic carbocycles. The highest BCUT2D eigenvalue weighted by atomic mass is 16.5. The Hall–Kier alpha value is -2.53. The molecule has 0 saturated carbocycles. The van der Waals surface area contributed by atoms with Crippen molar-refractivity contribution >= 4 is 23.0 Å². The Labute approximate surface area is 148 Å². The highest BCUT2D eigenvalue weighted by molar-refractivity contribution is 6.00. The number of rotatable bonds is 3. The summed E-state index contributed by atoms with van der Waals surface area (Å²) in [6, 6.07) is 14.0. The lowest BCUT2D eigenvalue weighted by Crippen LogP contribution is -2.38. The molecule has 25 heavy (non-hydrogen) atoms. The largest absolute Gasteiger partial charge is 0.378 e. The van der Waals surface area contributed by atoms with Crippen LogP contribution in [0.2, 0.25) is 0 Å². The van der Waals surface area contributed by atoms with Crippen LogP contribution in [0.25, 0.3) is 0 Å². The number of carbonyl (C=O) groups is 1. The van der Waals surface area contributed by atoms with Crippen molar-refractivity contribution in [2.24, 2.45) is 0 Å². The van der Waals surface area contributed by atoms with E-state index < -0.39 is 0 Å². The SMILES string of the molecule is Cc1cccc2c1NC(C(=O)Nc1ccccc1N1CCOCC1)C2. The van der Waals surface area contributed by atoms with Gasteiger partial charge in [-0.15, -0.1) is 0 Å². The summed E-state index contributed by atoms with van der Waals surface area (Å²) in [5.41, 5.74) is 5.42. The molecule has 2 aromatic rings. The number of fused-ring (bicyclic) bond motifs is 1. The van der Waals surface area contributed by atoms with Gasteiger partial charge in [0.1, 0.15) is 6.04 Å². The van der Waals surface area contributed by atoms with Crippen molar-refractivity contribution in [3.8, 4) is 0 Å². The monoisotopic (exact) mass is 337 g/mol. The first-order valence-electron chi connectivity index (χ1n) is 8.80. The fourth-order valence-corrected chi connectivity index (χ4v) is 3.59. The van der Waals surface area contributed by atoms with E-state index in [9.17, 15) is 4.79 Å². The number of amides is 1. The molecule has 2 aliphatic heterocycles. The summed E-state index contributed by atoms with van der Waals surface area (Å²) in [7, 11) is 0. The molecular weight excluding hydrogens is 314 g/mol. The van der Waals surface area contributed by atoms with Gasteiger partial charge in [0.25, 0.3) is 0 Å². The van der Waals surface area contributed by atoms with Crippen LogP contribution in [-0.2, 0) is 16.0 Å². The van der Waals surface area contributed by atoms with E-state index in [1.807, 2.05) is 24.3 Å². The lowest BCUT2D eigenvalue weighted by Gasteiger charge is -2.30. The smallest absolute Gasteiger partial charge is 0.247 e. The van der Waals surface area contributed by atoms with E-state index in [2.05, 4.69) is 40.7 Å². The number of carbonyl (C=O) groups excluding carboxylic acids is 1. The quantitative estimate of drug-likeness (QED) is 0.904. The molecule has 1 unspecified atom stereocenters. The summed E-state index contributed by atoms with van der Waals surface area (Å²) in [5.74, 6) is 0.0105. The number of morpholine rings is 1. The highest BCUT2D eigenvalue weighted by Crippen LogP contribution is 2.31. The second kappa shape index (κ2) is 6.76. The summed E-state index contributed by atoms with van der Waals surface area (Å²) in [5, 5.41) is 6.50. The number of benzene rings is 2. The van der Waals surface area contributed by atoms with E-state index in [1.165, 1.54) is 11.1 Å². The molecule has 4 rings (SSSR count). The van der Waals surface area contributed by atoms with Crippen LogP contribution in [0.1, 0.15) is 11.1 Å². The van der Waals surface area contributed by atoms with Gasteiger partial charge in [-0.1, -0.05) is 30.3 Å². The average molecular weight is 337 g/mol. The van der Waals surface area contributed by atoms with E-state index in [1.54, 1.807) is 0 Å². The Bertz CT molecular complexity index is 784.